The fraction of sp³-hybridized carbons (Fsp3) is 0.316. The minimum absolute atomic E-state index is 0.00798. The van der Waals surface area contributed by atoms with Gasteiger partial charge in [-0.05, 0) is 42.8 Å². The Bertz CT molecular complexity index is 928. The first kappa shape index (κ1) is 20.2. The normalized spacial score (nSPS) is 18.6. The number of anilines is 1. The molecule has 2 aromatic rings. The van der Waals surface area contributed by atoms with Crippen LogP contribution in [0.4, 0.5) is 18.9 Å². The van der Waals surface area contributed by atoms with Crippen molar-refractivity contribution in [1.29, 1.82) is 0 Å². The molecule has 0 aromatic heterocycles. The summed E-state index contributed by atoms with van der Waals surface area (Å²) in [4.78, 5) is 14.2. The van der Waals surface area contributed by atoms with Gasteiger partial charge in [-0.2, -0.15) is 13.2 Å². The number of sulfone groups is 1. The largest absolute Gasteiger partial charge is 0.484 e. The first-order valence-electron chi connectivity index (χ1n) is 8.53. The van der Waals surface area contributed by atoms with Crippen molar-refractivity contribution in [3.8, 4) is 5.75 Å². The highest BCUT2D eigenvalue weighted by Gasteiger charge is 2.35. The SMILES string of the molecule is O=C(COc1ccc(C(F)(F)F)cc1)N(c1ccccc1)[C@H]1CCS(=O)(=O)C1. The van der Waals surface area contributed by atoms with Gasteiger partial charge < -0.3 is 9.64 Å². The molecule has 5 nitrogen and oxygen atoms in total. The highest BCUT2D eigenvalue weighted by atomic mass is 32.2. The summed E-state index contributed by atoms with van der Waals surface area (Å²) in [5.41, 5.74) is -0.265. The summed E-state index contributed by atoms with van der Waals surface area (Å²) in [7, 11) is -3.21. The Morgan fingerprint density at radius 1 is 1.07 bits per heavy atom. The predicted molar refractivity (Wildman–Crippen MR) is 97.9 cm³/mol. The van der Waals surface area contributed by atoms with Gasteiger partial charge in [0.15, 0.2) is 16.4 Å². The van der Waals surface area contributed by atoms with Crippen LogP contribution in [-0.4, -0.2) is 38.5 Å². The smallest absolute Gasteiger partial charge is 0.416 e. The van der Waals surface area contributed by atoms with E-state index in [2.05, 4.69) is 0 Å². The van der Waals surface area contributed by atoms with Crippen molar-refractivity contribution < 1.29 is 31.1 Å². The topological polar surface area (TPSA) is 63.7 Å². The Hall–Kier alpha value is -2.55. The summed E-state index contributed by atoms with van der Waals surface area (Å²) < 4.78 is 66.8. The quantitative estimate of drug-likeness (QED) is 0.755. The molecule has 0 N–H and O–H groups in total. The van der Waals surface area contributed by atoms with Gasteiger partial charge in [-0.15, -0.1) is 0 Å². The summed E-state index contributed by atoms with van der Waals surface area (Å²) in [5, 5.41) is 0. The van der Waals surface area contributed by atoms with E-state index >= 15 is 0 Å². The second kappa shape index (κ2) is 7.83. The Labute approximate surface area is 160 Å². The number of para-hydroxylation sites is 1. The molecule has 28 heavy (non-hydrogen) atoms. The maximum atomic E-state index is 12.8. The van der Waals surface area contributed by atoms with Gasteiger partial charge in [0.25, 0.3) is 5.91 Å². The zero-order chi connectivity index (χ0) is 20.4. The molecule has 0 radical (unpaired) electrons. The lowest BCUT2D eigenvalue weighted by atomic mass is 10.2. The second-order valence-corrected chi connectivity index (χ2v) is 8.70. The van der Waals surface area contributed by atoms with Crippen LogP contribution in [0.15, 0.2) is 54.6 Å². The Morgan fingerprint density at radius 2 is 1.71 bits per heavy atom. The molecular formula is C19H18F3NO4S. The molecule has 9 heteroatoms. The minimum Gasteiger partial charge on any atom is -0.484 e. The molecule has 1 aliphatic rings. The van der Waals surface area contributed by atoms with Crippen molar-refractivity contribution in [2.75, 3.05) is 23.0 Å². The number of ether oxygens (including phenoxy) is 1. The van der Waals surface area contributed by atoms with Crippen molar-refractivity contribution in [3.63, 3.8) is 0 Å². The van der Waals surface area contributed by atoms with Crippen LogP contribution in [0.5, 0.6) is 5.75 Å². The maximum absolute atomic E-state index is 12.8. The summed E-state index contributed by atoms with van der Waals surface area (Å²) in [5.74, 6) is -0.469. The highest BCUT2D eigenvalue weighted by Crippen LogP contribution is 2.30. The number of rotatable bonds is 5. The van der Waals surface area contributed by atoms with E-state index in [-0.39, 0.29) is 17.3 Å². The van der Waals surface area contributed by atoms with Crippen LogP contribution in [-0.2, 0) is 20.8 Å². The molecule has 1 fully saturated rings. The van der Waals surface area contributed by atoms with Crippen molar-refractivity contribution in [3.05, 3.63) is 60.2 Å². The average molecular weight is 413 g/mol. The minimum atomic E-state index is -4.45. The molecule has 0 aliphatic carbocycles. The van der Waals surface area contributed by atoms with E-state index in [1.165, 1.54) is 4.90 Å². The van der Waals surface area contributed by atoms with Crippen molar-refractivity contribution in [1.82, 2.24) is 0 Å². The molecular weight excluding hydrogens is 395 g/mol. The van der Waals surface area contributed by atoms with Gasteiger partial charge in [0.2, 0.25) is 0 Å². The zero-order valence-corrected chi connectivity index (χ0v) is 15.5. The second-order valence-electron chi connectivity index (χ2n) is 6.47. The fourth-order valence-electron chi connectivity index (χ4n) is 3.08. The van der Waals surface area contributed by atoms with E-state index in [4.69, 9.17) is 4.74 Å². The molecule has 0 saturated carbocycles. The number of carbonyl (C=O) groups excluding carboxylic acids is 1. The third-order valence-electron chi connectivity index (χ3n) is 4.42. The number of nitrogens with zero attached hydrogens (tertiary/aromatic N) is 1. The molecule has 1 aliphatic heterocycles. The van der Waals surface area contributed by atoms with Gasteiger partial charge in [-0.25, -0.2) is 8.42 Å². The number of hydrogen-bond acceptors (Lipinski definition) is 4. The third-order valence-corrected chi connectivity index (χ3v) is 6.17. The van der Waals surface area contributed by atoms with Crippen LogP contribution >= 0.6 is 0 Å². The molecule has 1 heterocycles. The predicted octanol–water partition coefficient (Wildman–Crippen LogP) is 3.30. The van der Waals surface area contributed by atoms with Crippen LogP contribution in [0.25, 0.3) is 0 Å². The molecule has 0 spiro atoms. The molecule has 0 bridgehead atoms. The zero-order valence-electron chi connectivity index (χ0n) is 14.7. The lowest BCUT2D eigenvalue weighted by molar-refractivity contribution is -0.137. The molecule has 3 rings (SSSR count). The highest BCUT2D eigenvalue weighted by molar-refractivity contribution is 7.91. The van der Waals surface area contributed by atoms with Crippen LogP contribution < -0.4 is 9.64 Å². The fourth-order valence-corrected chi connectivity index (χ4v) is 4.78. The van der Waals surface area contributed by atoms with E-state index < -0.39 is 40.1 Å². The number of halogens is 3. The molecule has 0 unspecified atom stereocenters. The maximum Gasteiger partial charge on any atom is 0.416 e. The Balaban J connectivity index is 1.73. The van der Waals surface area contributed by atoms with E-state index in [0.29, 0.717) is 12.1 Å². The van der Waals surface area contributed by atoms with Crippen LogP contribution in [0.3, 0.4) is 0 Å². The molecule has 2 aromatic carbocycles. The van der Waals surface area contributed by atoms with Crippen LogP contribution in [0.2, 0.25) is 0 Å². The van der Waals surface area contributed by atoms with Crippen LogP contribution in [0, 0.1) is 0 Å². The first-order valence-corrected chi connectivity index (χ1v) is 10.4. The average Bonchev–Trinajstić information content (AvgIpc) is 3.00. The Kier molecular flexibility index (Phi) is 5.64. The van der Waals surface area contributed by atoms with Gasteiger partial charge >= 0.3 is 6.18 Å². The van der Waals surface area contributed by atoms with Crippen molar-refractivity contribution in [2.45, 2.75) is 18.6 Å². The van der Waals surface area contributed by atoms with E-state index in [0.717, 1.165) is 24.3 Å². The lowest BCUT2D eigenvalue weighted by Gasteiger charge is -2.28. The summed E-state index contributed by atoms with van der Waals surface area (Å²) >= 11 is 0. The van der Waals surface area contributed by atoms with Crippen molar-refractivity contribution >= 4 is 21.4 Å². The molecule has 1 amide bonds. The van der Waals surface area contributed by atoms with E-state index in [1.807, 2.05) is 0 Å². The summed E-state index contributed by atoms with van der Waals surface area (Å²) in [6, 6.07) is 12.2. The van der Waals surface area contributed by atoms with Gasteiger partial charge in [0.05, 0.1) is 23.1 Å². The molecule has 1 atom stereocenters. The monoisotopic (exact) mass is 413 g/mol. The number of alkyl halides is 3. The Morgan fingerprint density at radius 3 is 2.25 bits per heavy atom. The number of benzene rings is 2. The molecule has 150 valence electrons. The van der Waals surface area contributed by atoms with Gasteiger partial charge in [-0.1, -0.05) is 18.2 Å². The van der Waals surface area contributed by atoms with Gasteiger partial charge in [0.1, 0.15) is 5.75 Å². The molecule has 1 saturated heterocycles. The van der Waals surface area contributed by atoms with E-state index in [1.54, 1.807) is 30.3 Å². The third kappa shape index (κ3) is 4.83. The number of amides is 1. The lowest BCUT2D eigenvalue weighted by Crippen LogP contribution is -2.43. The number of hydrogen-bond donors (Lipinski definition) is 0. The standard InChI is InChI=1S/C19H18F3NO4S/c20-19(21,22)14-6-8-17(9-7-14)27-12-18(24)23(15-4-2-1-3-5-15)16-10-11-28(25,26)13-16/h1-9,16H,10-13H2/t16-/m0/s1. The number of carbonyl (C=O) groups is 1. The van der Waals surface area contributed by atoms with Crippen molar-refractivity contribution in [2.24, 2.45) is 0 Å². The summed E-state index contributed by atoms with van der Waals surface area (Å²) in [6.45, 7) is -0.420. The summed E-state index contributed by atoms with van der Waals surface area (Å²) in [6.07, 6.45) is -4.13. The first-order chi connectivity index (χ1) is 13.2. The van der Waals surface area contributed by atoms with Gasteiger partial charge in [-0.3, -0.25) is 4.79 Å². The van der Waals surface area contributed by atoms with E-state index in [9.17, 15) is 26.4 Å². The van der Waals surface area contributed by atoms with Gasteiger partial charge in [0, 0.05) is 5.69 Å². The van der Waals surface area contributed by atoms with Crippen LogP contribution in [0.1, 0.15) is 12.0 Å².